The van der Waals surface area contributed by atoms with Gasteiger partial charge in [0, 0.05) is 39.1 Å². The fourth-order valence-corrected chi connectivity index (χ4v) is 6.75. The van der Waals surface area contributed by atoms with Crippen LogP contribution in [0.15, 0.2) is 29.8 Å². The van der Waals surface area contributed by atoms with Gasteiger partial charge in [-0.2, -0.15) is 0 Å². The number of rotatable bonds is 18. The number of hydrogen-bond acceptors (Lipinski definition) is 9. The summed E-state index contributed by atoms with van der Waals surface area (Å²) in [6.07, 6.45) is 4.27. The Balaban J connectivity index is 1.46. The van der Waals surface area contributed by atoms with E-state index in [4.69, 9.17) is 15.2 Å². The minimum atomic E-state index is -0.759. The van der Waals surface area contributed by atoms with Crippen molar-refractivity contribution in [3.63, 3.8) is 0 Å². The summed E-state index contributed by atoms with van der Waals surface area (Å²) in [4.78, 5) is 61.7. The second-order valence-electron chi connectivity index (χ2n) is 15.3. The number of thiazole rings is 1. The number of carbonyl (C=O) groups excluding carboxylic acids is 4. The van der Waals surface area contributed by atoms with E-state index in [1.807, 2.05) is 78.2 Å². The van der Waals surface area contributed by atoms with Gasteiger partial charge in [0.2, 0.25) is 17.7 Å². The van der Waals surface area contributed by atoms with Crippen LogP contribution in [0.4, 0.5) is 4.79 Å². The summed E-state index contributed by atoms with van der Waals surface area (Å²) in [5.41, 5.74) is 9.25. The molecule has 12 nitrogen and oxygen atoms in total. The molecule has 1 saturated heterocycles. The second-order valence-corrected chi connectivity index (χ2v) is 16.1. The summed E-state index contributed by atoms with van der Waals surface area (Å²) in [7, 11) is 0. The number of hydrogen-bond donors (Lipinski definition) is 3. The number of likely N-dealkylation sites (tertiary alicyclic amines) is 1. The first-order chi connectivity index (χ1) is 24.1. The Morgan fingerprint density at radius 1 is 1.02 bits per heavy atom. The molecule has 13 heteroatoms. The van der Waals surface area contributed by atoms with E-state index >= 15 is 0 Å². The van der Waals surface area contributed by atoms with Gasteiger partial charge in [0.25, 0.3) is 0 Å². The quantitative estimate of drug-likeness (QED) is 0.172. The monoisotopic (exact) mass is 728 g/mol. The third-order valence-electron chi connectivity index (χ3n) is 8.69. The molecule has 0 radical (unpaired) electrons. The van der Waals surface area contributed by atoms with Crippen LogP contribution in [0.25, 0.3) is 10.4 Å². The number of aryl methyl sites for hydroxylation is 1. The van der Waals surface area contributed by atoms with Crippen molar-refractivity contribution >= 4 is 35.2 Å². The van der Waals surface area contributed by atoms with E-state index in [0.29, 0.717) is 58.8 Å². The van der Waals surface area contributed by atoms with Gasteiger partial charge in [-0.15, -0.1) is 11.3 Å². The number of nitrogens with two attached hydrogens (primary N) is 1. The Bertz CT molecular complexity index is 1420. The number of ether oxygens (including phenoxy) is 2. The predicted molar refractivity (Wildman–Crippen MR) is 201 cm³/mol. The lowest BCUT2D eigenvalue weighted by atomic mass is 9.85. The standard InChI is InChI=1S/C38H60N6O6S/c1-27-32(51-26-41-27)29-17-15-28(16-18-29)25-40-34(46)30-13-12-21-44(30)35(47)33(37(2,3)4)42-31(45)14-10-8-9-11-20-43(22-24-49-23-19-39)36(48)50-38(5,6)7/h15-18,26,30,33H,8-14,19-25,39H2,1-7H3,(H,40,46)(H,42,45). The molecule has 0 spiro atoms. The Morgan fingerprint density at radius 3 is 2.35 bits per heavy atom. The first kappa shape index (κ1) is 41.9. The maximum atomic E-state index is 13.9. The van der Waals surface area contributed by atoms with E-state index in [0.717, 1.165) is 47.4 Å². The number of nitrogens with zero attached hydrogens (tertiary/aromatic N) is 3. The van der Waals surface area contributed by atoms with Gasteiger partial charge in [-0.05, 0) is 69.9 Å². The molecule has 4 N–H and O–H groups in total. The van der Waals surface area contributed by atoms with E-state index in [2.05, 4.69) is 15.6 Å². The molecule has 1 fully saturated rings. The molecule has 1 aliphatic heterocycles. The third kappa shape index (κ3) is 13.8. The highest BCUT2D eigenvalue weighted by molar-refractivity contribution is 7.13. The minimum absolute atomic E-state index is 0.185. The average molecular weight is 729 g/mol. The zero-order chi connectivity index (χ0) is 37.6. The lowest BCUT2D eigenvalue weighted by Crippen LogP contribution is -2.57. The molecule has 2 aromatic rings. The molecule has 2 heterocycles. The molecule has 51 heavy (non-hydrogen) atoms. The van der Waals surface area contributed by atoms with Crippen molar-refractivity contribution in [2.24, 2.45) is 11.1 Å². The normalized spacial score (nSPS) is 15.4. The van der Waals surface area contributed by atoms with Crippen molar-refractivity contribution in [1.29, 1.82) is 0 Å². The Kier molecular flexibility index (Phi) is 16.3. The largest absolute Gasteiger partial charge is 0.444 e. The molecule has 0 saturated carbocycles. The number of benzene rings is 1. The summed E-state index contributed by atoms with van der Waals surface area (Å²) in [6, 6.07) is 6.73. The summed E-state index contributed by atoms with van der Waals surface area (Å²) < 4.78 is 11.0. The molecule has 2 unspecified atom stereocenters. The lowest BCUT2D eigenvalue weighted by Gasteiger charge is -2.35. The molecule has 1 aliphatic rings. The SMILES string of the molecule is Cc1ncsc1-c1ccc(CNC(=O)C2CCCN2C(=O)C(NC(=O)CCCCCCN(CCOCCN)C(=O)OC(C)(C)C)C(C)(C)C)cc1. The summed E-state index contributed by atoms with van der Waals surface area (Å²) in [5, 5.41) is 6.02. The molecule has 1 aromatic carbocycles. The number of unbranched alkanes of at least 4 members (excludes halogenated alkanes) is 3. The third-order valence-corrected chi connectivity index (χ3v) is 9.66. The van der Waals surface area contributed by atoms with Gasteiger partial charge >= 0.3 is 6.09 Å². The minimum Gasteiger partial charge on any atom is -0.444 e. The van der Waals surface area contributed by atoms with Gasteiger partial charge in [-0.3, -0.25) is 14.4 Å². The Labute approximate surface area is 308 Å². The van der Waals surface area contributed by atoms with Gasteiger partial charge < -0.3 is 35.6 Å². The van der Waals surface area contributed by atoms with Crippen molar-refractivity contribution in [1.82, 2.24) is 25.4 Å². The van der Waals surface area contributed by atoms with E-state index in [1.165, 1.54) is 0 Å². The van der Waals surface area contributed by atoms with Crippen LogP contribution < -0.4 is 16.4 Å². The number of nitrogens with one attached hydrogen (secondary N) is 2. The van der Waals surface area contributed by atoms with Crippen LogP contribution in [-0.2, 0) is 30.4 Å². The smallest absolute Gasteiger partial charge is 0.410 e. The first-order valence-electron chi connectivity index (χ1n) is 18.2. The maximum Gasteiger partial charge on any atom is 0.410 e. The molecule has 284 valence electrons. The van der Waals surface area contributed by atoms with Crippen LogP contribution in [0.2, 0.25) is 0 Å². The van der Waals surface area contributed by atoms with Crippen LogP contribution in [0.5, 0.6) is 0 Å². The molecular weight excluding hydrogens is 669 g/mol. The highest BCUT2D eigenvalue weighted by Crippen LogP contribution is 2.28. The first-order valence-corrected chi connectivity index (χ1v) is 19.1. The molecule has 2 atom stereocenters. The van der Waals surface area contributed by atoms with E-state index in [9.17, 15) is 19.2 Å². The summed E-state index contributed by atoms with van der Waals surface area (Å²) in [5.74, 6) is -0.598. The van der Waals surface area contributed by atoms with E-state index < -0.39 is 23.1 Å². The van der Waals surface area contributed by atoms with Crippen molar-refractivity contribution in [3.05, 3.63) is 41.0 Å². The Hall–Kier alpha value is -3.55. The van der Waals surface area contributed by atoms with Crippen molar-refractivity contribution in [3.8, 4) is 10.4 Å². The topological polar surface area (TPSA) is 156 Å². The van der Waals surface area contributed by atoms with Gasteiger partial charge in [-0.1, -0.05) is 57.9 Å². The van der Waals surface area contributed by atoms with Gasteiger partial charge in [0.05, 0.1) is 29.3 Å². The molecule has 3 rings (SSSR count). The van der Waals surface area contributed by atoms with Gasteiger partial charge in [-0.25, -0.2) is 9.78 Å². The van der Waals surface area contributed by atoms with Crippen molar-refractivity contribution in [2.75, 3.05) is 39.4 Å². The van der Waals surface area contributed by atoms with E-state index in [-0.39, 0.29) is 30.2 Å². The highest BCUT2D eigenvalue weighted by atomic mass is 32.1. The second kappa shape index (κ2) is 19.9. The van der Waals surface area contributed by atoms with Crippen molar-refractivity contribution < 1.29 is 28.7 Å². The maximum absolute atomic E-state index is 13.9. The number of amides is 4. The molecular formula is C38H60N6O6S. The highest BCUT2D eigenvalue weighted by Gasteiger charge is 2.41. The zero-order valence-electron chi connectivity index (χ0n) is 31.7. The average Bonchev–Trinajstić information content (AvgIpc) is 3.73. The van der Waals surface area contributed by atoms with Crippen LogP contribution in [-0.4, -0.2) is 95.7 Å². The zero-order valence-corrected chi connectivity index (χ0v) is 32.5. The van der Waals surface area contributed by atoms with Crippen molar-refractivity contribution in [2.45, 2.75) is 118 Å². The number of aromatic nitrogens is 1. The lowest BCUT2D eigenvalue weighted by molar-refractivity contribution is -0.143. The van der Waals surface area contributed by atoms with Crippen LogP contribution in [0.3, 0.4) is 0 Å². The van der Waals surface area contributed by atoms with E-state index in [1.54, 1.807) is 21.1 Å². The summed E-state index contributed by atoms with van der Waals surface area (Å²) in [6.45, 7) is 16.3. The number of carbonyl (C=O) groups is 4. The molecule has 4 amide bonds. The Morgan fingerprint density at radius 2 is 1.73 bits per heavy atom. The van der Waals surface area contributed by atoms with Crippen LogP contribution in [0.1, 0.15) is 97.7 Å². The predicted octanol–water partition coefficient (Wildman–Crippen LogP) is 5.42. The van der Waals surface area contributed by atoms with Gasteiger partial charge in [0.1, 0.15) is 17.7 Å². The molecule has 1 aromatic heterocycles. The van der Waals surface area contributed by atoms with Crippen LogP contribution in [0, 0.1) is 12.3 Å². The van der Waals surface area contributed by atoms with Gasteiger partial charge in [0.15, 0.2) is 0 Å². The fraction of sp³-hybridized carbons (Fsp3) is 0.658. The van der Waals surface area contributed by atoms with Crippen LogP contribution >= 0.6 is 11.3 Å². The fourth-order valence-electron chi connectivity index (χ4n) is 5.93. The molecule has 0 bridgehead atoms. The summed E-state index contributed by atoms with van der Waals surface area (Å²) >= 11 is 1.60. The molecule has 0 aliphatic carbocycles.